The predicted molar refractivity (Wildman–Crippen MR) is 155 cm³/mol. The fraction of sp³-hybridized carbons (Fsp3) is 0.469. The summed E-state index contributed by atoms with van der Waals surface area (Å²) in [4.78, 5) is 42.3. The second-order valence-corrected chi connectivity index (χ2v) is 11.1. The molecule has 3 amide bonds. The fourth-order valence-electron chi connectivity index (χ4n) is 4.24. The van der Waals surface area contributed by atoms with Crippen molar-refractivity contribution in [2.75, 3.05) is 6.54 Å². The lowest BCUT2D eigenvalue weighted by Gasteiger charge is -2.35. The summed E-state index contributed by atoms with van der Waals surface area (Å²) in [5.74, 6) is 2.08. The number of nitrogens with one attached hydrogen (secondary N) is 2. The Labute approximate surface area is 233 Å². The van der Waals surface area contributed by atoms with Crippen LogP contribution in [-0.4, -0.2) is 41.0 Å². The van der Waals surface area contributed by atoms with Crippen LogP contribution in [0.25, 0.3) is 0 Å². The van der Waals surface area contributed by atoms with Gasteiger partial charge in [-0.25, -0.2) is 4.79 Å². The maximum Gasteiger partial charge on any atom is 0.408 e. The highest BCUT2D eigenvalue weighted by Gasteiger charge is 2.37. The number of benzene rings is 2. The Morgan fingerprint density at radius 2 is 1.67 bits per heavy atom. The molecule has 2 aromatic carbocycles. The lowest BCUT2D eigenvalue weighted by molar-refractivity contribution is -0.143. The van der Waals surface area contributed by atoms with E-state index in [1.807, 2.05) is 57.2 Å². The molecule has 39 heavy (non-hydrogen) atoms. The number of ether oxygens (including phenoxy) is 1. The Bertz CT molecular complexity index is 1130. The lowest BCUT2D eigenvalue weighted by atomic mass is 9.95. The number of rotatable bonds is 12. The van der Waals surface area contributed by atoms with Gasteiger partial charge in [0.15, 0.2) is 0 Å². The third-order valence-corrected chi connectivity index (χ3v) is 6.01. The molecule has 2 unspecified atom stereocenters. The van der Waals surface area contributed by atoms with Crippen molar-refractivity contribution in [1.82, 2.24) is 15.5 Å². The van der Waals surface area contributed by atoms with Crippen LogP contribution in [0, 0.1) is 18.3 Å². The number of amides is 3. The van der Waals surface area contributed by atoms with Gasteiger partial charge in [0.05, 0.1) is 0 Å². The van der Waals surface area contributed by atoms with E-state index in [1.165, 1.54) is 0 Å². The van der Waals surface area contributed by atoms with Gasteiger partial charge in [0.25, 0.3) is 0 Å². The minimum absolute atomic E-state index is 0.102. The van der Waals surface area contributed by atoms with Crippen LogP contribution in [-0.2, 0) is 20.9 Å². The van der Waals surface area contributed by atoms with Crippen LogP contribution in [0.4, 0.5) is 4.79 Å². The van der Waals surface area contributed by atoms with Crippen molar-refractivity contribution < 1.29 is 19.1 Å². The van der Waals surface area contributed by atoms with E-state index < -0.39 is 23.8 Å². The summed E-state index contributed by atoms with van der Waals surface area (Å²) in [6.07, 6.45) is 7.02. The van der Waals surface area contributed by atoms with Crippen molar-refractivity contribution in [3.63, 3.8) is 0 Å². The number of nitrogens with zero attached hydrogens (tertiary/aromatic N) is 1. The first-order valence-corrected chi connectivity index (χ1v) is 13.6. The summed E-state index contributed by atoms with van der Waals surface area (Å²) in [5, 5.41) is 5.77. The SMILES string of the molecule is C#Cc1ccccc1C(C(=O)NCc1ccccc1)N(CCCC)C(=O)C(CC(C)C)NC(=O)OC(C)(C)C. The smallest absolute Gasteiger partial charge is 0.408 e. The summed E-state index contributed by atoms with van der Waals surface area (Å²) in [7, 11) is 0. The van der Waals surface area contributed by atoms with Crippen LogP contribution in [0.2, 0.25) is 0 Å². The zero-order valence-corrected chi connectivity index (χ0v) is 24.1. The van der Waals surface area contributed by atoms with Crippen molar-refractivity contribution in [3.05, 3.63) is 71.3 Å². The second kappa shape index (κ2) is 15.0. The van der Waals surface area contributed by atoms with E-state index in [-0.39, 0.29) is 17.7 Å². The Hall–Kier alpha value is -3.79. The molecule has 0 heterocycles. The number of hydrogen-bond acceptors (Lipinski definition) is 4. The minimum Gasteiger partial charge on any atom is -0.444 e. The summed E-state index contributed by atoms with van der Waals surface area (Å²) in [6.45, 7) is 11.9. The first-order valence-electron chi connectivity index (χ1n) is 13.6. The van der Waals surface area contributed by atoms with Crippen LogP contribution < -0.4 is 10.6 Å². The molecule has 7 nitrogen and oxygen atoms in total. The van der Waals surface area contributed by atoms with E-state index in [0.29, 0.717) is 37.1 Å². The quantitative estimate of drug-likeness (QED) is 0.348. The summed E-state index contributed by atoms with van der Waals surface area (Å²) >= 11 is 0. The topological polar surface area (TPSA) is 87.7 Å². The third-order valence-electron chi connectivity index (χ3n) is 6.01. The first kappa shape index (κ1) is 31.4. The summed E-state index contributed by atoms with van der Waals surface area (Å²) < 4.78 is 5.45. The molecule has 210 valence electrons. The molecule has 2 rings (SSSR count). The molecule has 2 aromatic rings. The molecule has 0 spiro atoms. The number of terminal acetylenes is 1. The molecule has 0 aliphatic carbocycles. The third kappa shape index (κ3) is 10.1. The van der Waals surface area contributed by atoms with Gasteiger partial charge in [0, 0.05) is 18.7 Å². The molecule has 2 atom stereocenters. The fourth-order valence-corrected chi connectivity index (χ4v) is 4.24. The molecular weight excluding hydrogens is 490 g/mol. The molecule has 0 aliphatic rings. The van der Waals surface area contributed by atoms with E-state index in [0.717, 1.165) is 12.0 Å². The van der Waals surface area contributed by atoms with Crippen molar-refractivity contribution in [2.45, 2.75) is 85.0 Å². The standard InChI is InChI=1S/C32H43N3O4/c1-8-10-20-35(30(37)27(21-23(3)4)34-31(38)39-32(5,6)7)28(26-19-15-14-18-25(26)9-2)29(36)33-22-24-16-12-11-13-17-24/h2,11-19,23,27-28H,8,10,20-22H2,1,3-7H3,(H,33,36)(H,34,38). The average molecular weight is 534 g/mol. The van der Waals surface area contributed by atoms with Gasteiger partial charge < -0.3 is 20.3 Å². The minimum atomic E-state index is -0.977. The number of unbranched alkanes of at least 4 members (excludes halogenated alkanes) is 1. The predicted octanol–water partition coefficient (Wildman–Crippen LogP) is 5.59. The van der Waals surface area contributed by atoms with Crippen molar-refractivity contribution in [3.8, 4) is 12.3 Å². The maximum absolute atomic E-state index is 14.2. The Morgan fingerprint density at radius 3 is 2.26 bits per heavy atom. The van der Waals surface area contributed by atoms with Gasteiger partial charge in [-0.2, -0.15) is 0 Å². The van der Waals surface area contributed by atoms with Crippen LogP contribution >= 0.6 is 0 Å². The van der Waals surface area contributed by atoms with Gasteiger partial charge >= 0.3 is 6.09 Å². The molecule has 7 heteroatoms. The molecule has 2 N–H and O–H groups in total. The Morgan fingerprint density at radius 1 is 1.03 bits per heavy atom. The van der Waals surface area contributed by atoms with Crippen molar-refractivity contribution in [2.24, 2.45) is 5.92 Å². The number of carbonyl (C=O) groups excluding carboxylic acids is 3. The number of carbonyl (C=O) groups is 3. The average Bonchev–Trinajstić information content (AvgIpc) is 2.88. The van der Waals surface area contributed by atoms with Gasteiger partial charge in [-0.05, 0) is 56.7 Å². The number of alkyl carbamates (subject to hydrolysis) is 1. The zero-order valence-electron chi connectivity index (χ0n) is 24.1. The number of hydrogen-bond donors (Lipinski definition) is 2. The van der Waals surface area contributed by atoms with Crippen molar-refractivity contribution in [1.29, 1.82) is 0 Å². The van der Waals surface area contributed by atoms with Gasteiger partial charge in [-0.3, -0.25) is 9.59 Å². The first-order chi connectivity index (χ1) is 18.5. The molecular formula is C32H43N3O4. The summed E-state index contributed by atoms with van der Waals surface area (Å²) in [6, 6.07) is 14.9. The largest absolute Gasteiger partial charge is 0.444 e. The van der Waals surface area contributed by atoms with E-state index in [4.69, 9.17) is 11.2 Å². The molecule has 0 saturated heterocycles. The highest BCUT2D eigenvalue weighted by molar-refractivity contribution is 5.92. The highest BCUT2D eigenvalue weighted by atomic mass is 16.6. The normalized spacial score (nSPS) is 12.7. The summed E-state index contributed by atoms with van der Waals surface area (Å²) in [5.41, 5.74) is 1.32. The van der Waals surface area contributed by atoms with E-state index in [9.17, 15) is 14.4 Å². The van der Waals surface area contributed by atoms with Crippen LogP contribution in [0.5, 0.6) is 0 Å². The maximum atomic E-state index is 14.2. The Kier molecular flexibility index (Phi) is 12.1. The Balaban J connectivity index is 2.51. The zero-order chi connectivity index (χ0) is 29.0. The van der Waals surface area contributed by atoms with E-state index >= 15 is 0 Å². The molecule has 0 saturated carbocycles. The van der Waals surface area contributed by atoms with E-state index in [2.05, 4.69) is 16.6 Å². The van der Waals surface area contributed by atoms with Gasteiger partial charge in [-0.1, -0.05) is 81.6 Å². The van der Waals surface area contributed by atoms with Crippen LogP contribution in [0.15, 0.2) is 54.6 Å². The van der Waals surface area contributed by atoms with Gasteiger partial charge in [-0.15, -0.1) is 6.42 Å². The van der Waals surface area contributed by atoms with Crippen molar-refractivity contribution >= 4 is 17.9 Å². The highest BCUT2D eigenvalue weighted by Crippen LogP contribution is 2.27. The molecule has 0 aliphatic heterocycles. The second-order valence-electron chi connectivity index (χ2n) is 11.1. The van der Waals surface area contributed by atoms with Crippen LogP contribution in [0.1, 0.15) is 83.5 Å². The lowest BCUT2D eigenvalue weighted by Crippen LogP contribution is -2.53. The molecule has 0 aromatic heterocycles. The van der Waals surface area contributed by atoms with Gasteiger partial charge in [0.1, 0.15) is 17.7 Å². The van der Waals surface area contributed by atoms with E-state index in [1.54, 1.807) is 43.9 Å². The molecule has 0 bridgehead atoms. The van der Waals surface area contributed by atoms with Gasteiger partial charge in [0.2, 0.25) is 11.8 Å². The van der Waals surface area contributed by atoms with Crippen LogP contribution in [0.3, 0.4) is 0 Å². The monoisotopic (exact) mass is 533 g/mol. The molecule has 0 fully saturated rings. The molecule has 0 radical (unpaired) electrons.